The topological polar surface area (TPSA) is 35.5 Å². The van der Waals surface area contributed by atoms with Crippen molar-refractivity contribution in [3.05, 3.63) is 21.9 Å². The van der Waals surface area contributed by atoms with Gasteiger partial charge in [-0.3, -0.25) is 4.79 Å². The lowest BCUT2D eigenvalue weighted by Crippen LogP contribution is -2.45. The van der Waals surface area contributed by atoms with Crippen LogP contribution in [-0.4, -0.2) is 31.2 Å². The average molecular weight is 280 g/mol. The Morgan fingerprint density at radius 3 is 2.79 bits per heavy atom. The standard InChI is InChI=1S/C15H20O3S/c1-11-2-3-13(19-11)14(16)12-4-7-18-15(10-12)5-8-17-9-6-15/h2-3,12H,4-10H2,1H3. The Labute approximate surface area is 117 Å². The molecule has 19 heavy (non-hydrogen) atoms. The maximum absolute atomic E-state index is 12.6. The molecule has 4 heteroatoms. The molecule has 0 saturated carbocycles. The van der Waals surface area contributed by atoms with Crippen LogP contribution in [-0.2, 0) is 9.47 Å². The van der Waals surface area contributed by atoms with Crippen LogP contribution in [0.15, 0.2) is 12.1 Å². The van der Waals surface area contributed by atoms with E-state index in [9.17, 15) is 4.79 Å². The van der Waals surface area contributed by atoms with Crippen molar-refractivity contribution in [1.82, 2.24) is 0 Å². The van der Waals surface area contributed by atoms with E-state index < -0.39 is 0 Å². The van der Waals surface area contributed by atoms with Crippen LogP contribution in [0.3, 0.4) is 0 Å². The molecule has 0 radical (unpaired) electrons. The van der Waals surface area contributed by atoms with Gasteiger partial charge in [0, 0.05) is 30.6 Å². The van der Waals surface area contributed by atoms with Crippen LogP contribution < -0.4 is 0 Å². The maximum Gasteiger partial charge on any atom is 0.176 e. The minimum Gasteiger partial charge on any atom is -0.381 e. The van der Waals surface area contributed by atoms with Gasteiger partial charge in [-0.1, -0.05) is 0 Å². The number of hydrogen-bond donors (Lipinski definition) is 0. The first-order valence-corrected chi connectivity index (χ1v) is 7.83. The van der Waals surface area contributed by atoms with Crippen LogP contribution in [0.4, 0.5) is 0 Å². The lowest BCUT2D eigenvalue weighted by atomic mass is 9.79. The summed E-state index contributed by atoms with van der Waals surface area (Å²) in [7, 11) is 0. The highest BCUT2D eigenvalue weighted by molar-refractivity contribution is 7.14. The van der Waals surface area contributed by atoms with E-state index in [1.165, 1.54) is 4.88 Å². The number of carbonyl (C=O) groups is 1. The van der Waals surface area contributed by atoms with E-state index in [0.717, 1.165) is 43.8 Å². The van der Waals surface area contributed by atoms with Gasteiger partial charge in [0.2, 0.25) is 0 Å². The van der Waals surface area contributed by atoms with Gasteiger partial charge in [0.05, 0.1) is 10.5 Å². The Morgan fingerprint density at radius 2 is 2.11 bits per heavy atom. The predicted molar refractivity (Wildman–Crippen MR) is 74.8 cm³/mol. The van der Waals surface area contributed by atoms with Crippen molar-refractivity contribution in [1.29, 1.82) is 0 Å². The predicted octanol–water partition coefficient (Wildman–Crippen LogP) is 3.22. The molecular weight excluding hydrogens is 260 g/mol. The number of ketones is 1. The molecule has 3 heterocycles. The van der Waals surface area contributed by atoms with Gasteiger partial charge in [0.15, 0.2) is 5.78 Å². The molecular formula is C15H20O3S. The molecule has 1 spiro atoms. The summed E-state index contributed by atoms with van der Waals surface area (Å²) in [6.07, 6.45) is 3.59. The minimum atomic E-state index is -0.0941. The van der Waals surface area contributed by atoms with Crippen LogP contribution in [0.2, 0.25) is 0 Å². The number of aryl methyl sites for hydroxylation is 1. The number of thiophene rings is 1. The molecule has 2 saturated heterocycles. The molecule has 1 unspecified atom stereocenters. The fraction of sp³-hybridized carbons (Fsp3) is 0.667. The molecule has 1 aromatic heterocycles. The van der Waals surface area contributed by atoms with Gasteiger partial charge in [-0.15, -0.1) is 11.3 Å². The fourth-order valence-corrected chi connectivity index (χ4v) is 4.00. The molecule has 1 atom stereocenters. The zero-order valence-electron chi connectivity index (χ0n) is 11.3. The summed E-state index contributed by atoms with van der Waals surface area (Å²) in [5, 5.41) is 0. The molecule has 2 aliphatic heterocycles. The Hall–Kier alpha value is -0.710. The van der Waals surface area contributed by atoms with Crippen LogP contribution in [0.5, 0.6) is 0 Å². The number of hydrogen-bond acceptors (Lipinski definition) is 4. The van der Waals surface area contributed by atoms with Crippen molar-refractivity contribution in [2.24, 2.45) is 5.92 Å². The third kappa shape index (κ3) is 2.76. The number of ether oxygens (including phenoxy) is 2. The van der Waals surface area contributed by atoms with Gasteiger partial charge in [-0.25, -0.2) is 0 Å². The highest BCUT2D eigenvalue weighted by atomic mass is 32.1. The lowest BCUT2D eigenvalue weighted by molar-refractivity contribution is -0.142. The summed E-state index contributed by atoms with van der Waals surface area (Å²) >= 11 is 1.61. The van der Waals surface area contributed by atoms with Crippen LogP contribution >= 0.6 is 11.3 Å². The van der Waals surface area contributed by atoms with Crippen molar-refractivity contribution in [2.75, 3.05) is 19.8 Å². The van der Waals surface area contributed by atoms with Crippen molar-refractivity contribution >= 4 is 17.1 Å². The quantitative estimate of drug-likeness (QED) is 0.780. The molecule has 3 rings (SSSR count). The Morgan fingerprint density at radius 1 is 1.32 bits per heavy atom. The first kappa shape index (κ1) is 13.3. The smallest absolute Gasteiger partial charge is 0.176 e. The van der Waals surface area contributed by atoms with Crippen LogP contribution in [0.25, 0.3) is 0 Å². The Kier molecular flexibility index (Phi) is 3.74. The van der Waals surface area contributed by atoms with Crippen molar-refractivity contribution in [3.63, 3.8) is 0 Å². The SMILES string of the molecule is Cc1ccc(C(=O)C2CCOC3(CCOCC3)C2)s1. The molecule has 104 valence electrons. The van der Waals surface area contributed by atoms with E-state index in [1.54, 1.807) is 11.3 Å². The molecule has 0 bridgehead atoms. The molecule has 3 nitrogen and oxygen atoms in total. The van der Waals surface area contributed by atoms with Crippen LogP contribution in [0, 0.1) is 12.8 Å². The largest absolute Gasteiger partial charge is 0.381 e. The second-order valence-corrected chi connectivity index (χ2v) is 6.90. The molecule has 0 N–H and O–H groups in total. The lowest BCUT2D eigenvalue weighted by Gasteiger charge is -2.42. The monoisotopic (exact) mass is 280 g/mol. The summed E-state index contributed by atoms with van der Waals surface area (Å²) in [5.41, 5.74) is -0.0941. The van der Waals surface area contributed by atoms with E-state index >= 15 is 0 Å². The second kappa shape index (κ2) is 5.35. The summed E-state index contributed by atoms with van der Waals surface area (Å²) in [4.78, 5) is 14.7. The van der Waals surface area contributed by atoms with E-state index in [1.807, 2.05) is 19.1 Å². The third-order valence-corrected chi connectivity index (χ3v) is 5.27. The van der Waals surface area contributed by atoms with Crippen molar-refractivity contribution in [2.45, 2.75) is 38.2 Å². The minimum absolute atomic E-state index is 0.0941. The Bertz CT molecular complexity index is 454. The van der Waals surface area contributed by atoms with Crippen LogP contribution in [0.1, 0.15) is 40.2 Å². The highest BCUT2D eigenvalue weighted by Crippen LogP contribution is 2.38. The molecule has 2 fully saturated rings. The molecule has 2 aliphatic rings. The van der Waals surface area contributed by atoms with Gasteiger partial charge in [-0.05, 0) is 44.7 Å². The van der Waals surface area contributed by atoms with E-state index in [0.29, 0.717) is 12.4 Å². The molecule has 1 aromatic rings. The zero-order valence-corrected chi connectivity index (χ0v) is 12.1. The van der Waals surface area contributed by atoms with Gasteiger partial charge in [0.1, 0.15) is 0 Å². The first-order chi connectivity index (χ1) is 9.19. The van der Waals surface area contributed by atoms with Crippen molar-refractivity contribution < 1.29 is 14.3 Å². The average Bonchev–Trinajstić information content (AvgIpc) is 2.85. The molecule has 0 amide bonds. The second-order valence-electron chi connectivity index (χ2n) is 5.61. The summed E-state index contributed by atoms with van der Waals surface area (Å²) in [6, 6.07) is 4.00. The van der Waals surface area contributed by atoms with Crippen molar-refractivity contribution in [3.8, 4) is 0 Å². The van der Waals surface area contributed by atoms with Gasteiger partial charge >= 0.3 is 0 Å². The van der Waals surface area contributed by atoms with E-state index in [4.69, 9.17) is 9.47 Å². The van der Waals surface area contributed by atoms with E-state index in [-0.39, 0.29) is 11.5 Å². The first-order valence-electron chi connectivity index (χ1n) is 7.01. The maximum atomic E-state index is 12.6. The molecule has 0 aromatic carbocycles. The summed E-state index contributed by atoms with van der Waals surface area (Å²) in [6.45, 7) is 4.28. The van der Waals surface area contributed by atoms with E-state index in [2.05, 4.69) is 0 Å². The number of rotatable bonds is 2. The molecule has 0 aliphatic carbocycles. The number of carbonyl (C=O) groups excluding carboxylic acids is 1. The van der Waals surface area contributed by atoms with Gasteiger partial charge in [-0.2, -0.15) is 0 Å². The normalized spacial score (nSPS) is 26.5. The van der Waals surface area contributed by atoms with Gasteiger partial charge < -0.3 is 9.47 Å². The third-order valence-electron chi connectivity index (χ3n) is 4.25. The number of Topliss-reactive ketones (excluding diaryl/α,β-unsaturated/α-hetero) is 1. The fourth-order valence-electron chi connectivity index (χ4n) is 3.11. The summed E-state index contributed by atoms with van der Waals surface area (Å²) < 4.78 is 11.4. The summed E-state index contributed by atoms with van der Waals surface area (Å²) in [5.74, 6) is 0.442. The highest BCUT2D eigenvalue weighted by Gasteiger charge is 2.41. The van der Waals surface area contributed by atoms with Gasteiger partial charge in [0.25, 0.3) is 0 Å². The zero-order chi connectivity index (χ0) is 13.3. The Balaban J connectivity index is 1.72.